The molecule has 3 N–H and O–H groups in total. The van der Waals surface area contributed by atoms with Gasteiger partial charge in [0.1, 0.15) is 5.82 Å². The van der Waals surface area contributed by atoms with Crippen LogP contribution < -0.4 is 11.1 Å². The summed E-state index contributed by atoms with van der Waals surface area (Å²) in [7, 11) is 0. The van der Waals surface area contributed by atoms with Crippen LogP contribution in [-0.4, -0.2) is 18.4 Å². The summed E-state index contributed by atoms with van der Waals surface area (Å²) < 4.78 is 13.1. The van der Waals surface area contributed by atoms with Gasteiger partial charge in [-0.25, -0.2) is 4.39 Å². The first-order valence-corrected chi connectivity index (χ1v) is 4.50. The highest BCUT2D eigenvalue weighted by Crippen LogP contribution is 2.20. The summed E-state index contributed by atoms with van der Waals surface area (Å²) in [5, 5.41) is 2.57. The molecule has 0 aliphatic carbocycles. The Bertz CT molecular complexity index is 440. The average Bonchev–Trinajstić information content (AvgIpc) is 2.18. The molecule has 0 fully saturated rings. The molecule has 4 nitrogen and oxygen atoms in total. The van der Waals surface area contributed by atoms with Crippen LogP contribution >= 0.6 is 0 Å². The quantitative estimate of drug-likeness (QED) is 0.692. The van der Waals surface area contributed by atoms with Crippen LogP contribution in [0.5, 0.6) is 0 Å². The van der Waals surface area contributed by atoms with Gasteiger partial charge in [0.15, 0.2) is 0 Å². The number of hydrogen-bond acceptors (Lipinski definition) is 2. The number of carbonyl (C=O) groups excluding carboxylic acids is 2. The molecule has 15 heavy (non-hydrogen) atoms. The molecule has 1 aromatic carbocycles. The molecule has 1 aromatic rings. The zero-order chi connectivity index (χ0) is 11.0. The van der Waals surface area contributed by atoms with Gasteiger partial charge < -0.3 is 11.1 Å². The summed E-state index contributed by atoms with van der Waals surface area (Å²) in [6, 6.07) is 2.19. The van der Waals surface area contributed by atoms with Crippen molar-refractivity contribution in [2.45, 2.75) is 6.42 Å². The number of fused-ring (bicyclic) bond motifs is 1. The third kappa shape index (κ3) is 1.56. The largest absolute Gasteiger partial charge is 0.366 e. The van der Waals surface area contributed by atoms with Gasteiger partial charge in [-0.2, -0.15) is 0 Å². The summed E-state index contributed by atoms with van der Waals surface area (Å²) in [5.74, 6) is -1.70. The van der Waals surface area contributed by atoms with Crippen molar-refractivity contribution in [1.29, 1.82) is 0 Å². The molecule has 1 aliphatic rings. The van der Waals surface area contributed by atoms with Gasteiger partial charge in [-0.1, -0.05) is 0 Å². The first-order valence-electron chi connectivity index (χ1n) is 4.50. The molecule has 0 bridgehead atoms. The Labute approximate surface area is 85.3 Å². The second-order valence-corrected chi connectivity index (χ2v) is 3.35. The van der Waals surface area contributed by atoms with E-state index < -0.39 is 11.7 Å². The number of halogens is 1. The maximum absolute atomic E-state index is 13.1. The van der Waals surface area contributed by atoms with Gasteiger partial charge in [0.05, 0.1) is 0 Å². The van der Waals surface area contributed by atoms with Crippen molar-refractivity contribution in [3.05, 3.63) is 34.6 Å². The van der Waals surface area contributed by atoms with Crippen LogP contribution in [0.1, 0.15) is 26.3 Å². The number of nitrogens with two attached hydrogens (primary N) is 1. The normalized spacial score (nSPS) is 14.3. The highest BCUT2D eigenvalue weighted by atomic mass is 19.1. The lowest BCUT2D eigenvalue weighted by Gasteiger charge is -2.18. The van der Waals surface area contributed by atoms with Crippen LogP contribution in [0.3, 0.4) is 0 Å². The minimum Gasteiger partial charge on any atom is -0.366 e. The standard InChI is InChI=1S/C10H9FN2O2/c11-5-3-7(9(12)14)6-1-2-13-10(15)8(6)4-5/h3-4H,1-2H2,(H2,12,14)(H,13,15). The lowest BCUT2D eigenvalue weighted by atomic mass is 9.94. The Morgan fingerprint density at radius 1 is 1.47 bits per heavy atom. The topological polar surface area (TPSA) is 72.2 Å². The lowest BCUT2D eigenvalue weighted by Crippen LogP contribution is -2.33. The molecule has 0 spiro atoms. The smallest absolute Gasteiger partial charge is 0.251 e. The van der Waals surface area contributed by atoms with E-state index in [4.69, 9.17) is 5.73 Å². The van der Waals surface area contributed by atoms with E-state index in [0.717, 1.165) is 12.1 Å². The zero-order valence-electron chi connectivity index (χ0n) is 7.84. The van der Waals surface area contributed by atoms with Gasteiger partial charge in [0.25, 0.3) is 5.91 Å². The number of rotatable bonds is 1. The Kier molecular flexibility index (Phi) is 2.15. The minimum absolute atomic E-state index is 0.0971. The fourth-order valence-corrected chi connectivity index (χ4v) is 1.72. The Balaban J connectivity index is 2.67. The van der Waals surface area contributed by atoms with Crippen molar-refractivity contribution in [2.24, 2.45) is 5.73 Å². The first kappa shape index (κ1) is 9.64. The zero-order valence-corrected chi connectivity index (χ0v) is 7.84. The van der Waals surface area contributed by atoms with Gasteiger partial charge in [0.2, 0.25) is 5.91 Å². The van der Waals surface area contributed by atoms with Gasteiger partial charge in [-0.3, -0.25) is 9.59 Å². The third-order valence-electron chi connectivity index (χ3n) is 2.39. The van der Waals surface area contributed by atoms with Crippen LogP contribution in [0.2, 0.25) is 0 Å². The van der Waals surface area contributed by atoms with E-state index in [2.05, 4.69) is 5.32 Å². The monoisotopic (exact) mass is 208 g/mol. The first-order chi connectivity index (χ1) is 7.09. The molecule has 0 atom stereocenters. The number of nitrogens with one attached hydrogen (secondary N) is 1. The fraction of sp³-hybridized carbons (Fsp3) is 0.200. The highest BCUT2D eigenvalue weighted by molar-refractivity contribution is 6.02. The second kappa shape index (κ2) is 3.34. The highest BCUT2D eigenvalue weighted by Gasteiger charge is 2.22. The van der Waals surface area contributed by atoms with Crippen molar-refractivity contribution in [2.75, 3.05) is 6.54 Å². The van der Waals surface area contributed by atoms with Crippen molar-refractivity contribution < 1.29 is 14.0 Å². The molecule has 0 radical (unpaired) electrons. The number of benzene rings is 1. The predicted molar refractivity (Wildman–Crippen MR) is 51.0 cm³/mol. The number of hydrogen-bond donors (Lipinski definition) is 2. The van der Waals surface area contributed by atoms with E-state index in [1.165, 1.54) is 0 Å². The Morgan fingerprint density at radius 2 is 2.20 bits per heavy atom. The molecule has 1 aliphatic heterocycles. The van der Waals surface area contributed by atoms with E-state index in [9.17, 15) is 14.0 Å². The van der Waals surface area contributed by atoms with Crippen LogP contribution in [0.4, 0.5) is 4.39 Å². The summed E-state index contributed by atoms with van der Waals surface area (Å²) in [5.41, 5.74) is 5.95. The number of amides is 2. The summed E-state index contributed by atoms with van der Waals surface area (Å²) in [6.45, 7) is 0.442. The third-order valence-corrected chi connectivity index (χ3v) is 2.39. The molecular formula is C10H9FN2O2. The number of carbonyl (C=O) groups is 2. The molecule has 0 aromatic heterocycles. The van der Waals surface area contributed by atoms with Crippen LogP contribution in [0.15, 0.2) is 12.1 Å². The summed E-state index contributed by atoms with van der Waals surface area (Å²) >= 11 is 0. The molecule has 78 valence electrons. The maximum atomic E-state index is 13.1. The number of primary amides is 1. The Morgan fingerprint density at radius 3 is 2.87 bits per heavy atom. The van der Waals surface area contributed by atoms with E-state index in [-0.39, 0.29) is 17.0 Å². The van der Waals surface area contributed by atoms with E-state index in [1.54, 1.807) is 0 Å². The maximum Gasteiger partial charge on any atom is 0.251 e. The van der Waals surface area contributed by atoms with Gasteiger partial charge in [-0.05, 0) is 24.1 Å². The molecule has 0 saturated carbocycles. The van der Waals surface area contributed by atoms with Gasteiger partial charge in [-0.15, -0.1) is 0 Å². The van der Waals surface area contributed by atoms with E-state index >= 15 is 0 Å². The van der Waals surface area contributed by atoms with Crippen molar-refractivity contribution in [3.63, 3.8) is 0 Å². The Hall–Kier alpha value is -1.91. The molecule has 2 amide bonds. The molecule has 0 saturated heterocycles. The fourth-order valence-electron chi connectivity index (χ4n) is 1.72. The molecule has 1 heterocycles. The van der Waals surface area contributed by atoms with Gasteiger partial charge >= 0.3 is 0 Å². The van der Waals surface area contributed by atoms with Gasteiger partial charge in [0, 0.05) is 17.7 Å². The van der Waals surface area contributed by atoms with Crippen molar-refractivity contribution >= 4 is 11.8 Å². The summed E-state index contributed by atoms with van der Waals surface area (Å²) in [6.07, 6.45) is 0.500. The predicted octanol–water partition coefficient (Wildman–Crippen LogP) is 0.210. The van der Waals surface area contributed by atoms with Crippen LogP contribution in [-0.2, 0) is 6.42 Å². The average molecular weight is 208 g/mol. The van der Waals surface area contributed by atoms with E-state index in [1.807, 2.05) is 0 Å². The SMILES string of the molecule is NC(=O)c1cc(F)cc2c1CCNC2=O. The molecular weight excluding hydrogens is 199 g/mol. The summed E-state index contributed by atoms with van der Waals surface area (Å²) in [4.78, 5) is 22.4. The molecule has 2 rings (SSSR count). The minimum atomic E-state index is -0.708. The second-order valence-electron chi connectivity index (χ2n) is 3.35. The molecule has 0 unspecified atom stereocenters. The van der Waals surface area contributed by atoms with Crippen LogP contribution in [0, 0.1) is 5.82 Å². The van der Waals surface area contributed by atoms with Crippen LogP contribution in [0.25, 0.3) is 0 Å². The van der Waals surface area contributed by atoms with Crippen molar-refractivity contribution in [1.82, 2.24) is 5.32 Å². The molecule has 5 heteroatoms. The van der Waals surface area contributed by atoms with Crippen molar-refractivity contribution in [3.8, 4) is 0 Å². The van der Waals surface area contributed by atoms with E-state index in [0.29, 0.717) is 18.5 Å². The lowest BCUT2D eigenvalue weighted by molar-refractivity contribution is 0.0945.